The third-order valence-electron chi connectivity index (χ3n) is 2.03. The number of nitrogens with zero attached hydrogens (tertiary/aromatic N) is 1. The third-order valence-corrected chi connectivity index (χ3v) is 2.03. The van der Waals surface area contributed by atoms with Crippen molar-refractivity contribution in [2.75, 3.05) is 19.6 Å². The Kier molecular flexibility index (Phi) is 3.59. The van der Waals surface area contributed by atoms with Crippen LogP contribution in [0.4, 0.5) is 4.79 Å². The van der Waals surface area contributed by atoms with Crippen LogP contribution in [0.25, 0.3) is 0 Å². The number of hydrogen-bond acceptors (Lipinski definition) is 3. The Hall–Kier alpha value is -1.21. The average molecular weight is 210 g/mol. The van der Waals surface area contributed by atoms with E-state index in [4.69, 9.17) is 11.2 Å². The van der Waals surface area contributed by atoms with Gasteiger partial charge in [-0.3, -0.25) is 0 Å². The molecule has 1 heterocycles. The molecule has 0 radical (unpaired) electrons. The fourth-order valence-electron chi connectivity index (χ4n) is 1.35. The smallest absolute Gasteiger partial charge is 0.410 e. The average Bonchev–Trinajstić information content (AvgIpc) is 2.15. The lowest BCUT2D eigenvalue weighted by Gasteiger charge is -2.32. The van der Waals surface area contributed by atoms with Gasteiger partial charge in [0.15, 0.2) is 0 Å². The van der Waals surface area contributed by atoms with E-state index in [0.717, 1.165) is 0 Å². The zero-order valence-corrected chi connectivity index (χ0v) is 9.54. The van der Waals surface area contributed by atoms with Crippen molar-refractivity contribution in [3.05, 3.63) is 0 Å². The van der Waals surface area contributed by atoms with Crippen molar-refractivity contribution < 1.29 is 9.53 Å². The molecule has 0 saturated carbocycles. The highest BCUT2D eigenvalue weighted by atomic mass is 16.6. The van der Waals surface area contributed by atoms with E-state index in [2.05, 4.69) is 11.2 Å². The molecule has 84 valence electrons. The molecule has 4 heteroatoms. The van der Waals surface area contributed by atoms with E-state index in [1.165, 1.54) is 0 Å². The van der Waals surface area contributed by atoms with E-state index in [9.17, 15) is 4.79 Å². The van der Waals surface area contributed by atoms with Gasteiger partial charge in [0.2, 0.25) is 0 Å². The Labute approximate surface area is 91.0 Å². The summed E-state index contributed by atoms with van der Waals surface area (Å²) in [6.45, 7) is 7.44. The molecule has 1 amide bonds. The summed E-state index contributed by atoms with van der Waals surface area (Å²) in [5.74, 6) is 2.59. The summed E-state index contributed by atoms with van der Waals surface area (Å²) in [4.78, 5) is 13.3. The molecule has 0 aromatic rings. The molecule has 4 nitrogen and oxygen atoms in total. The Morgan fingerprint density at radius 3 is 2.80 bits per heavy atom. The van der Waals surface area contributed by atoms with Crippen LogP contribution in [-0.2, 0) is 4.74 Å². The molecule has 1 aliphatic heterocycles. The number of carbonyl (C=O) groups is 1. The number of terminal acetylenes is 1. The molecule has 1 N–H and O–H groups in total. The second-order valence-corrected chi connectivity index (χ2v) is 4.60. The summed E-state index contributed by atoms with van der Waals surface area (Å²) < 4.78 is 5.26. The van der Waals surface area contributed by atoms with E-state index in [-0.39, 0.29) is 12.1 Å². The van der Waals surface area contributed by atoms with Crippen LogP contribution in [0.2, 0.25) is 0 Å². The van der Waals surface area contributed by atoms with Crippen LogP contribution in [0.15, 0.2) is 0 Å². The molecule has 0 aliphatic carbocycles. The summed E-state index contributed by atoms with van der Waals surface area (Å²) in [5, 5.41) is 3.13. The van der Waals surface area contributed by atoms with Crippen LogP contribution < -0.4 is 5.32 Å². The van der Waals surface area contributed by atoms with Gasteiger partial charge < -0.3 is 15.0 Å². The van der Waals surface area contributed by atoms with Crippen molar-refractivity contribution in [3.8, 4) is 12.3 Å². The first-order valence-electron chi connectivity index (χ1n) is 5.10. The normalized spacial score (nSPS) is 22.0. The van der Waals surface area contributed by atoms with E-state index in [1.807, 2.05) is 20.8 Å². The molecule has 1 fully saturated rings. The minimum absolute atomic E-state index is 0.0636. The quantitative estimate of drug-likeness (QED) is 0.602. The molecular weight excluding hydrogens is 192 g/mol. The third kappa shape index (κ3) is 3.80. The summed E-state index contributed by atoms with van der Waals surface area (Å²) in [7, 11) is 0. The number of hydrogen-bond donors (Lipinski definition) is 1. The molecule has 0 bridgehead atoms. The number of ether oxygens (including phenoxy) is 1. The highest BCUT2D eigenvalue weighted by Gasteiger charge is 2.26. The van der Waals surface area contributed by atoms with Gasteiger partial charge in [0.1, 0.15) is 5.60 Å². The number of amides is 1. The van der Waals surface area contributed by atoms with Gasteiger partial charge in [-0.05, 0) is 20.8 Å². The molecular formula is C11H18N2O2. The van der Waals surface area contributed by atoms with Gasteiger partial charge in [-0.2, -0.15) is 0 Å². The molecule has 1 saturated heterocycles. The zero-order valence-electron chi connectivity index (χ0n) is 9.54. The molecule has 1 rings (SSSR count). The second kappa shape index (κ2) is 4.54. The standard InChI is InChI=1S/C11H18N2O2/c1-5-9-8-13(7-6-12-9)10(14)15-11(2,3)4/h1,9,12H,6-8H2,2-4H3. The van der Waals surface area contributed by atoms with Gasteiger partial charge in [0.05, 0.1) is 12.6 Å². The van der Waals surface area contributed by atoms with Crippen molar-refractivity contribution in [1.82, 2.24) is 10.2 Å². The number of carbonyl (C=O) groups excluding carboxylic acids is 1. The number of piperazine rings is 1. The van der Waals surface area contributed by atoms with E-state index < -0.39 is 5.60 Å². The lowest BCUT2D eigenvalue weighted by Crippen LogP contribution is -2.53. The molecule has 1 unspecified atom stereocenters. The summed E-state index contributed by atoms with van der Waals surface area (Å²) in [6, 6.07) is -0.0636. The molecule has 0 aromatic carbocycles. The van der Waals surface area contributed by atoms with Crippen LogP contribution in [0.1, 0.15) is 20.8 Å². The SMILES string of the molecule is C#CC1CN(C(=O)OC(C)(C)C)CCN1. The van der Waals surface area contributed by atoms with E-state index >= 15 is 0 Å². The van der Waals surface area contributed by atoms with E-state index in [1.54, 1.807) is 4.90 Å². The molecule has 15 heavy (non-hydrogen) atoms. The number of nitrogens with one attached hydrogen (secondary N) is 1. The second-order valence-electron chi connectivity index (χ2n) is 4.60. The van der Waals surface area contributed by atoms with Crippen molar-refractivity contribution >= 4 is 6.09 Å². The van der Waals surface area contributed by atoms with Gasteiger partial charge >= 0.3 is 6.09 Å². The minimum Gasteiger partial charge on any atom is -0.444 e. The zero-order chi connectivity index (χ0) is 11.5. The van der Waals surface area contributed by atoms with Crippen molar-refractivity contribution in [2.24, 2.45) is 0 Å². The highest BCUT2D eigenvalue weighted by Crippen LogP contribution is 2.11. The van der Waals surface area contributed by atoms with Crippen LogP contribution >= 0.6 is 0 Å². The van der Waals surface area contributed by atoms with Crippen LogP contribution in [-0.4, -0.2) is 42.3 Å². The Morgan fingerprint density at radius 1 is 1.60 bits per heavy atom. The van der Waals surface area contributed by atoms with Gasteiger partial charge in [0, 0.05) is 13.1 Å². The largest absolute Gasteiger partial charge is 0.444 e. The maximum absolute atomic E-state index is 11.7. The van der Waals surface area contributed by atoms with Crippen LogP contribution in [0, 0.1) is 12.3 Å². The molecule has 0 aromatic heterocycles. The maximum Gasteiger partial charge on any atom is 0.410 e. The topological polar surface area (TPSA) is 41.6 Å². The Balaban J connectivity index is 2.50. The molecule has 1 aliphatic rings. The van der Waals surface area contributed by atoms with Gasteiger partial charge in [-0.1, -0.05) is 5.92 Å². The van der Waals surface area contributed by atoms with Gasteiger partial charge in [-0.25, -0.2) is 4.79 Å². The lowest BCUT2D eigenvalue weighted by molar-refractivity contribution is 0.0212. The first kappa shape index (κ1) is 11.9. The van der Waals surface area contributed by atoms with Gasteiger partial charge in [0.25, 0.3) is 0 Å². The number of rotatable bonds is 0. The molecule has 1 atom stereocenters. The fraction of sp³-hybridized carbons (Fsp3) is 0.727. The maximum atomic E-state index is 11.7. The lowest BCUT2D eigenvalue weighted by atomic mass is 10.2. The first-order valence-corrected chi connectivity index (χ1v) is 5.10. The molecule has 0 spiro atoms. The van der Waals surface area contributed by atoms with Crippen molar-refractivity contribution in [1.29, 1.82) is 0 Å². The highest BCUT2D eigenvalue weighted by molar-refractivity contribution is 5.68. The summed E-state index contributed by atoms with van der Waals surface area (Å²) in [5.41, 5.74) is -0.451. The minimum atomic E-state index is -0.451. The fourth-order valence-corrected chi connectivity index (χ4v) is 1.35. The van der Waals surface area contributed by atoms with Crippen molar-refractivity contribution in [3.63, 3.8) is 0 Å². The predicted octanol–water partition coefficient (Wildman–Crippen LogP) is 0.828. The monoisotopic (exact) mass is 210 g/mol. The van der Waals surface area contributed by atoms with Gasteiger partial charge in [-0.15, -0.1) is 6.42 Å². The Bertz CT molecular complexity index is 275. The summed E-state index contributed by atoms with van der Waals surface area (Å²) in [6.07, 6.45) is 5.01. The van der Waals surface area contributed by atoms with Crippen molar-refractivity contribution in [2.45, 2.75) is 32.4 Å². The summed E-state index contributed by atoms with van der Waals surface area (Å²) >= 11 is 0. The Morgan fingerprint density at radius 2 is 2.27 bits per heavy atom. The van der Waals surface area contributed by atoms with Crippen LogP contribution in [0.3, 0.4) is 0 Å². The first-order chi connectivity index (χ1) is 6.92. The van der Waals surface area contributed by atoms with Crippen LogP contribution in [0.5, 0.6) is 0 Å². The van der Waals surface area contributed by atoms with E-state index in [0.29, 0.717) is 19.6 Å². The predicted molar refractivity (Wildman–Crippen MR) is 58.4 cm³/mol.